The highest BCUT2D eigenvalue weighted by atomic mass is 19.4. The molecule has 0 saturated carbocycles. The van der Waals surface area contributed by atoms with E-state index in [0.29, 0.717) is 25.0 Å². The zero-order chi connectivity index (χ0) is 15.9. The Morgan fingerprint density at radius 3 is 2.73 bits per heavy atom. The fourth-order valence-corrected chi connectivity index (χ4v) is 2.89. The minimum Gasteiger partial charge on any atom is -0.480 e. The van der Waals surface area contributed by atoms with Crippen LogP contribution in [0.15, 0.2) is 30.5 Å². The number of aryl methyl sites for hydroxylation is 1. The second kappa shape index (κ2) is 5.15. The summed E-state index contributed by atoms with van der Waals surface area (Å²) in [6.07, 6.45) is -1.36. The monoisotopic (exact) mass is 310 g/mol. The minimum absolute atomic E-state index is 0.0648. The smallest absolute Gasteiger partial charge is 0.417 e. The lowest BCUT2D eigenvalue weighted by atomic mass is 10.0. The molecule has 2 heterocycles. The van der Waals surface area contributed by atoms with Gasteiger partial charge in [-0.05, 0) is 25.3 Å². The number of carboxylic acids is 1. The Morgan fingerprint density at radius 1 is 1.32 bits per heavy atom. The van der Waals surface area contributed by atoms with E-state index in [0.717, 1.165) is 6.07 Å². The van der Waals surface area contributed by atoms with Crippen molar-refractivity contribution in [2.75, 3.05) is 0 Å². The summed E-state index contributed by atoms with van der Waals surface area (Å²) in [6, 6.07) is 4.23. The summed E-state index contributed by atoms with van der Waals surface area (Å²) in [5.74, 6) is -0.986. The minimum atomic E-state index is -4.52. The predicted octanol–water partition coefficient (Wildman–Crippen LogP) is 3.53. The number of alkyl halides is 3. The molecule has 1 N–H and O–H groups in total. The van der Waals surface area contributed by atoms with Gasteiger partial charge < -0.3 is 9.67 Å². The van der Waals surface area contributed by atoms with Crippen LogP contribution in [0.5, 0.6) is 0 Å². The lowest BCUT2D eigenvalue weighted by Gasteiger charge is -2.24. The van der Waals surface area contributed by atoms with Gasteiger partial charge in [0.05, 0.1) is 5.56 Å². The Hall–Kier alpha value is -2.31. The van der Waals surface area contributed by atoms with Crippen LogP contribution in [0.25, 0.3) is 11.4 Å². The van der Waals surface area contributed by atoms with Crippen LogP contribution in [0.4, 0.5) is 13.2 Å². The van der Waals surface area contributed by atoms with Gasteiger partial charge in [0.2, 0.25) is 0 Å². The molecule has 1 atom stereocenters. The van der Waals surface area contributed by atoms with E-state index in [1.165, 1.54) is 29.0 Å². The molecule has 0 aliphatic carbocycles. The first-order valence-corrected chi connectivity index (χ1v) is 6.85. The SMILES string of the molecule is O=C(O)C1CCCc2cnc(-c3ccccc3C(F)(F)F)n21. The number of benzene rings is 1. The lowest BCUT2D eigenvalue weighted by molar-refractivity contribution is -0.141. The van der Waals surface area contributed by atoms with Crippen LogP contribution in [0, 0.1) is 0 Å². The van der Waals surface area contributed by atoms with Crippen molar-refractivity contribution in [3.63, 3.8) is 0 Å². The summed E-state index contributed by atoms with van der Waals surface area (Å²) in [6.45, 7) is 0. The summed E-state index contributed by atoms with van der Waals surface area (Å²) in [4.78, 5) is 15.5. The van der Waals surface area contributed by atoms with Crippen LogP contribution >= 0.6 is 0 Å². The lowest BCUT2D eigenvalue weighted by Crippen LogP contribution is -2.25. The number of nitrogens with zero attached hydrogens (tertiary/aromatic N) is 2. The molecule has 22 heavy (non-hydrogen) atoms. The van der Waals surface area contributed by atoms with Crippen molar-refractivity contribution in [1.29, 1.82) is 0 Å². The molecule has 0 fully saturated rings. The van der Waals surface area contributed by atoms with Gasteiger partial charge in [-0.15, -0.1) is 0 Å². The van der Waals surface area contributed by atoms with E-state index in [1.807, 2.05) is 0 Å². The average Bonchev–Trinajstić information content (AvgIpc) is 2.90. The molecular formula is C15H13F3N2O2. The zero-order valence-corrected chi connectivity index (χ0v) is 11.5. The topological polar surface area (TPSA) is 55.1 Å². The number of fused-ring (bicyclic) bond motifs is 1. The fourth-order valence-electron chi connectivity index (χ4n) is 2.89. The average molecular weight is 310 g/mol. The Labute approximate surface area is 124 Å². The highest BCUT2D eigenvalue weighted by molar-refractivity contribution is 5.74. The molecular weight excluding hydrogens is 297 g/mol. The number of aliphatic carboxylic acids is 1. The van der Waals surface area contributed by atoms with Crippen molar-refractivity contribution < 1.29 is 23.1 Å². The van der Waals surface area contributed by atoms with Gasteiger partial charge in [-0.2, -0.15) is 13.2 Å². The van der Waals surface area contributed by atoms with Crippen molar-refractivity contribution in [1.82, 2.24) is 9.55 Å². The maximum Gasteiger partial charge on any atom is 0.417 e. The van der Waals surface area contributed by atoms with Crippen LogP contribution in [0.1, 0.15) is 30.1 Å². The van der Waals surface area contributed by atoms with Crippen molar-refractivity contribution in [3.05, 3.63) is 41.7 Å². The maximum absolute atomic E-state index is 13.2. The molecule has 7 heteroatoms. The van der Waals surface area contributed by atoms with Crippen molar-refractivity contribution >= 4 is 5.97 Å². The second-order valence-corrected chi connectivity index (χ2v) is 5.23. The molecule has 0 radical (unpaired) electrons. The predicted molar refractivity (Wildman–Crippen MR) is 72.3 cm³/mol. The van der Waals surface area contributed by atoms with Crippen LogP contribution in [0.3, 0.4) is 0 Å². The van der Waals surface area contributed by atoms with Crippen molar-refractivity contribution in [2.24, 2.45) is 0 Å². The molecule has 0 bridgehead atoms. The number of rotatable bonds is 2. The van der Waals surface area contributed by atoms with E-state index >= 15 is 0 Å². The number of halogens is 3. The van der Waals surface area contributed by atoms with Crippen molar-refractivity contribution in [2.45, 2.75) is 31.5 Å². The number of aromatic nitrogens is 2. The van der Waals surface area contributed by atoms with E-state index in [1.54, 1.807) is 0 Å². The van der Waals surface area contributed by atoms with Gasteiger partial charge in [-0.3, -0.25) is 0 Å². The molecule has 116 valence electrons. The first-order valence-electron chi connectivity index (χ1n) is 6.85. The third-order valence-electron chi connectivity index (χ3n) is 3.85. The molecule has 1 aromatic carbocycles. The molecule has 1 aliphatic heterocycles. The van der Waals surface area contributed by atoms with Gasteiger partial charge in [-0.25, -0.2) is 9.78 Å². The molecule has 0 amide bonds. The largest absolute Gasteiger partial charge is 0.480 e. The summed E-state index contributed by atoms with van der Waals surface area (Å²) in [7, 11) is 0. The van der Waals surface area contributed by atoms with Gasteiger partial charge in [0, 0.05) is 17.5 Å². The summed E-state index contributed by atoms with van der Waals surface area (Å²) in [5, 5.41) is 9.33. The summed E-state index contributed by atoms with van der Waals surface area (Å²) in [5.41, 5.74) is -0.238. The molecule has 1 aliphatic rings. The van der Waals surface area contributed by atoms with Crippen LogP contribution in [0.2, 0.25) is 0 Å². The Morgan fingerprint density at radius 2 is 2.05 bits per heavy atom. The Kier molecular flexibility index (Phi) is 3.42. The van der Waals surface area contributed by atoms with E-state index in [2.05, 4.69) is 4.98 Å². The molecule has 1 unspecified atom stereocenters. The number of carboxylic acid groups (broad SMARTS) is 1. The van der Waals surface area contributed by atoms with Gasteiger partial charge in [-0.1, -0.05) is 18.2 Å². The van der Waals surface area contributed by atoms with Gasteiger partial charge in [0.25, 0.3) is 0 Å². The number of carbonyl (C=O) groups is 1. The second-order valence-electron chi connectivity index (χ2n) is 5.23. The maximum atomic E-state index is 13.2. The first kappa shape index (κ1) is 14.6. The number of hydrogen-bond donors (Lipinski definition) is 1. The summed E-state index contributed by atoms with van der Waals surface area (Å²) < 4.78 is 41.0. The highest BCUT2D eigenvalue weighted by Crippen LogP contribution is 2.39. The number of hydrogen-bond acceptors (Lipinski definition) is 2. The first-order chi connectivity index (χ1) is 10.4. The summed E-state index contributed by atoms with van der Waals surface area (Å²) >= 11 is 0. The van der Waals surface area contributed by atoms with Gasteiger partial charge in [0.1, 0.15) is 11.9 Å². The zero-order valence-electron chi connectivity index (χ0n) is 11.5. The molecule has 3 rings (SSSR count). The van der Waals surface area contributed by atoms with Crippen LogP contribution in [-0.2, 0) is 17.4 Å². The highest BCUT2D eigenvalue weighted by Gasteiger charge is 2.36. The molecule has 1 aromatic heterocycles. The van der Waals surface area contributed by atoms with E-state index < -0.39 is 23.8 Å². The van der Waals surface area contributed by atoms with E-state index in [4.69, 9.17) is 0 Å². The number of imidazole rings is 1. The molecule has 4 nitrogen and oxygen atoms in total. The standard InChI is InChI=1S/C15H13F3N2O2/c16-15(17,18)11-6-2-1-5-10(11)13-19-8-9-4-3-7-12(14(21)22)20(9)13/h1-2,5-6,8,12H,3-4,7H2,(H,21,22). The van der Waals surface area contributed by atoms with E-state index in [-0.39, 0.29) is 11.4 Å². The Bertz CT molecular complexity index is 722. The molecule has 2 aromatic rings. The van der Waals surface area contributed by atoms with E-state index in [9.17, 15) is 23.1 Å². The molecule has 0 spiro atoms. The quantitative estimate of drug-likeness (QED) is 0.923. The molecule has 0 saturated heterocycles. The van der Waals surface area contributed by atoms with Crippen LogP contribution < -0.4 is 0 Å². The fraction of sp³-hybridized carbons (Fsp3) is 0.333. The Balaban J connectivity index is 2.20. The van der Waals surface area contributed by atoms with Gasteiger partial charge >= 0.3 is 12.1 Å². The third kappa shape index (κ3) is 2.36. The van der Waals surface area contributed by atoms with Gasteiger partial charge in [0.15, 0.2) is 0 Å². The van der Waals surface area contributed by atoms with Crippen molar-refractivity contribution in [3.8, 4) is 11.4 Å². The third-order valence-corrected chi connectivity index (χ3v) is 3.85. The van der Waals surface area contributed by atoms with Crippen LogP contribution in [-0.4, -0.2) is 20.6 Å². The normalized spacial score (nSPS) is 18.0.